The van der Waals surface area contributed by atoms with E-state index in [1.54, 1.807) is 17.9 Å². The van der Waals surface area contributed by atoms with Gasteiger partial charge in [0.05, 0.1) is 6.42 Å². The largest absolute Gasteiger partial charge is 0.360 e. The maximum absolute atomic E-state index is 12.2. The van der Waals surface area contributed by atoms with Gasteiger partial charge in [-0.25, -0.2) is 0 Å². The number of carbonyl (C=O) groups excluding carboxylic acids is 2. The Labute approximate surface area is 132 Å². The van der Waals surface area contributed by atoms with Gasteiger partial charge in [-0.3, -0.25) is 9.59 Å². The Bertz CT molecular complexity index is 702. The van der Waals surface area contributed by atoms with Crippen molar-refractivity contribution in [2.45, 2.75) is 32.6 Å². The minimum absolute atomic E-state index is 0.0769. The van der Waals surface area contributed by atoms with Crippen molar-refractivity contribution in [1.29, 1.82) is 0 Å². The molecule has 0 radical (unpaired) electrons. The van der Waals surface area contributed by atoms with Crippen LogP contribution in [0.2, 0.25) is 0 Å². The molecule has 0 bridgehead atoms. The second-order valence-electron chi connectivity index (χ2n) is 5.42. The van der Waals surface area contributed by atoms with Crippen LogP contribution in [-0.2, 0) is 11.2 Å². The lowest BCUT2D eigenvalue weighted by molar-refractivity contribution is -0.115. The second kappa shape index (κ2) is 6.59. The van der Waals surface area contributed by atoms with Crippen LogP contribution in [0.3, 0.4) is 0 Å². The zero-order valence-electron chi connectivity index (χ0n) is 12.7. The molecule has 23 heavy (non-hydrogen) atoms. The number of nitrogens with zero attached hydrogens (tertiary/aromatic N) is 4. The van der Waals surface area contributed by atoms with Crippen molar-refractivity contribution in [3.05, 3.63) is 23.5 Å². The van der Waals surface area contributed by atoms with Gasteiger partial charge in [-0.2, -0.15) is 4.98 Å². The van der Waals surface area contributed by atoms with E-state index in [0.29, 0.717) is 24.7 Å². The van der Waals surface area contributed by atoms with Crippen LogP contribution >= 0.6 is 0 Å². The van der Waals surface area contributed by atoms with Gasteiger partial charge < -0.3 is 19.3 Å². The molecule has 2 amide bonds. The molecule has 0 spiro atoms. The van der Waals surface area contributed by atoms with Crippen molar-refractivity contribution in [3.8, 4) is 0 Å². The first-order chi connectivity index (χ1) is 11.1. The van der Waals surface area contributed by atoms with Crippen LogP contribution in [0.1, 0.15) is 41.5 Å². The van der Waals surface area contributed by atoms with Gasteiger partial charge in [-0.05, 0) is 26.2 Å². The van der Waals surface area contributed by atoms with Gasteiger partial charge in [0.1, 0.15) is 5.76 Å². The molecule has 3 rings (SSSR count). The standard InChI is InChI=1S/C14H17N5O4/c1-9-7-10(17-22-9)15-12(20)8-11-16-13(23-18-11)14(21)19-5-3-2-4-6-19/h7H,2-6,8H2,1H3,(H,15,17,20). The highest BCUT2D eigenvalue weighted by Gasteiger charge is 2.24. The summed E-state index contributed by atoms with van der Waals surface area (Å²) >= 11 is 0. The summed E-state index contributed by atoms with van der Waals surface area (Å²) in [5.74, 6) is 0.344. The maximum atomic E-state index is 12.2. The van der Waals surface area contributed by atoms with E-state index in [1.165, 1.54) is 0 Å². The number of aryl methyl sites for hydroxylation is 1. The predicted molar refractivity (Wildman–Crippen MR) is 77.6 cm³/mol. The zero-order chi connectivity index (χ0) is 16.2. The third-order valence-corrected chi connectivity index (χ3v) is 3.51. The normalized spacial score (nSPS) is 14.7. The molecule has 1 fully saturated rings. The number of rotatable bonds is 4. The van der Waals surface area contributed by atoms with E-state index in [2.05, 4.69) is 20.6 Å². The van der Waals surface area contributed by atoms with E-state index in [9.17, 15) is 9.59 Å². The molecular formula is C14H17N5O4. The van der Waals surface area contributed by atoms with Crippen molar-refractivity contribution in [3.63, 3.8) is 0 Å². The Morgan fingerprint density at radius 3 is 2.70 bits per heavy atom. The molecule has 1 aliphatic heterocycles. The van der Waals surface area contributed by atoms with E-state index >= 15 is 0 Å². The molecule has 9 heteroatoms. The minimum Gasteiger partial charge on any atom is -0.360 e. The molecule has 0 aromatic carbocycles. The van der Waals surface area contributed by atoms with Crippen molar-refractivity contribution < 1.29 is 18.6 Å². The number of carbonyl (C=O) groups is 2. The summed E-state index contributed by atoms with van der Waals surface area (Å²) in [5.41, 5.74) is 0. The van der Waals surface area contributed by atoms with Crippen LogP contribution in [0.5, 0.6) is 0 Å². The zero-order valence-corrected chi connectivity index (χ0v) is 12.7. The van der Waals surface area contributed by atoms with E-state index in [1.807, 2.05) is 0 Å². The van der Waals surface area contributed by atoms with Gasteiger partial charge in [0.15, 0.2) is 11.6 Å². The molecule has 2 aromatic rings. The highest BCUT2D eigenvalue weighted by Crippen LogP contribution is 2.12. The lowest BCUT2D eigenvalue weighted by atomic mass is 10.1. The Kier molecular flexibility index (Phi) is 4.35. The molecular weight excluding hydrogens is 302 g/mol. The van der Waals surface area contributed by atoms with Gasteiger partial charge in [0.25, 0.3) is 0 Å². The highest BCUT2D eigenvalue weighted by atomic mass is 16.5. The monoisotopic (exact) mass is 319 g/mol. The molecule has 1 N–H and O–H groups in total. The Balaban J connectivity index is 1.58. The molecule has 0 saturated carbocycles. The number of likely N-dealkylation sites (tertiary alicyclic amines) is 1. The number of nitrogens with one attached hydrogen (secondary N) is 1. The van der Waals surface area contributed by atoms with Crippen LogP contribution in [0.25, 0.3) is 0 Å². The van der Waals surface area contributed by atoms with Crippen molar-refractivity contribution in [2.75, 3.05) is 18.4 Å². The van der Waals surface area contributed by atoms with Crippen LogP contribution in [0.15, 0.2) is 15.1 Å². The third kappa shape index (κ3) is 3.74. The smallest absolute Gasteiger partial charge is 0.316 e. The average molecular weight is 319 g/mol. The molecule has 0 atom stereocenters. The number of aromatic nitrogens is 3. The Morgan fingerprint density at radius 2 is 2.00 bits per heavy atom. The van der Waals surface area contributed by atoms with Crippen molar-refractivity contribution in [1.82, 2.24) is 20.2 Å². The van der Waals surface area contributed by atoms with E-state index in [4.69, 9.17) is 9.05 Å². The number of amides is 2. The van der Waals surface area contributed by atoms with Crippen LogP contribution in [0, 0.1) is 6.92 Å². The summed E-state index contributed by atoms with van der Waals surface area (Å²) in [6.45, 7) is 3.12. The lowest BCUT2D eigenvalue weighted by Gasteiger charge is -2.24. The SMILES string of the molecule is Cc1cc(NC(=O)Cc2noc(C(=O)N3CCCCC3)n2)no1. The molecule has 0 aliphatic carbocycles. The van der Waals surface area contributed by atoms with E-state index < -0.39 is 0 Å². The first-order valence-corrected chi connectivity index (χ1v) is 7.47. The van der Waals surface area contributed by atoms with E-state index in [-0.39, 0.29) is 30.0 Å². The highest BCUT2D eigenvalue weighted by molar-refractivity contribution is 5.91. The van der Waals surface area contributed by atoms with Crippen molar-refractivity contribution in [2.24, 2.45) is 0 Å². The quantitative estimate of drug-likeness (QED) is 0.899. The average Bonchev–Trinajstić information content (AvgIpc) is 3.16. The minimum atomic E-state index is -0.365. The van der Waals surface area contributed by atoms with Gasteiger partial charge in [0.2, 0.25) is 5.91 Å². The molecule has 1 saturated heterocycles. The summed E-state index contributed by atoms with van der Waals surface area (Å²) in [6, 6.07) is 1.60. The second-order valence-corrected chi connectivity index (χ2v) is 5.42. The van der Waals surface area contributed by atoms with Gasteiger partial charge >= 0.3 is 11.8 Å². The van der Waals surface area contributed by atoms with Crippen molar-refractivity contribution >= 4 is 17.6 Å². The fourth-order valence-corrected chi connectivity index (χ4v) is 2.40. The summed E-state index contributed by atoms with van der Waals surface area (Å²) in [5, 5.41) is 9.89. The Morgan fingerprint density at radius 1 is 1.22 bits per heavy atom. The summed E-state index contributed by atoms with van der Waals surface area (Å²) in [6.07, 6.45) is 2.97. The molecule has 1 aliphatic rings. The molecule has 3 heterocycles. The molecule has 0 unspecified atom stereocenters. The van der Waals surface area contributed by atoms with Gasteiger partial charge in [0, 0.05) is 19.2 Å². The third-order valence-electron chi connectivity index (χ3n) is 3.51. The fraction of sp³-hybridized carbons (Fsp3) is 0.500. The number of piperidine rings is 1. The summed E-state index contributed by atoms with van der Waals surface area (Å²) in [4.78, 5) is 29.8. The number of anilines is 1. The van der Waals surface area contributed by atoms with E-state index in [0.717, 1.165) is 19.3 Å². The lowest BCUT2D eigenvalue weighted by Crippen LogP contribution is -2.35. The number of hydrogen-bond acceptors (Lipinski definition) is 7. The number of hydrogen-bond donors (Lipinski definition) is 1. The molecule has 9 nitrogen and oxygen atoms in total. The maximum Gasteiger partial charge on any atom is 0.316 e. The molecule has 122 valence electrons. The van der Waals surface area contributed by atoms with Crippen LogP contribution in [0.4, 0.5) is 5.82 Å². The first-order valence-electron chi connectivity index (χ1n) is 7.47. The summed E-state index contributed by atoms with van der Waals surface area (Å²) in [7, 11) is 0. The van der Waals surface area contributed by atoms with Crippen LogP contribution in [-0.4, -0.2) is 45.1 Å². The van der Waals surface area contributed by atoms with Crippen LogP contribution < -0.4 is 5.32 Å². The topological polar surface area (TPSA) is 114 Å². The Hall–Kier alpha value is -2.71. The first kappa shape index (κ1) is 15.2. The van der Waals surface area contributed by atoms with Gasteiger partial charge in [-0.15, -0.1) is 0 Å². The summed E-state index contributed by atoms with van der Waals surface area (Å²) < 4.78 is 9.82. The fourth-order valence-electron chi connectivity index (χ4n) is 2.40. The predicted octanol–water partition coefficient (Wildman–Crippen LogP) is 1.17. The van der Waals surface area contributed by atoms with Gasteiger partial charge in [-0.1, -0.05) is 10.3 Å². The molecule has 2 aromatic heterocycles.